The van der Waals surface area contributed by atoms with Crippen LogP contribution in [0.3, 0.4) is 0 Å². The highest BCUT2D eigenvalue weighted by Crippen LogP contribution is 2.46. The normalized spacial score (nSPS) is 13.8. The molecule has 1 aliphatic rings. The first kappa shape index (κ1) is 21.1. The molecule has 0 radical (unpaired) electrons. The van der Waals surface area contributed by atoms with Gasteiger partial charge in [0.2, 0.25) is 5.78 Å². The SMILES string of the molecule is Cc1cc(O)c2c(c1)C(=O)c1cc(O)c(C(c3ccc(Br)cc3)N(C)C)c(O)c1C2=O. The van der Waals surface area contributed by atoms with Crippen LogP contribution in [0.1, 0.15) is 54.6 Å². The number of benzene rings is 3. The molecule has 0 bridgehead atoms. The number of hydrogen-bond acceptors (Lipinski definition) is 6. The fraction of sp³-hybridized carbons (Fsp3) is 0.167. The number of ketones is 2. The number of rotatable bonds is 3. The molecule has 7 heteroatoms. The van der Waals surface area contributed by atoms with Crippen LogP contribution >= 0.6 is 15.9 Å². The van der Waals surface area contributed by atoms with Crippen LogP contribution in [-0.4, -0.2) is 45.9 Å². The maximum atomic E-state index is 13.3. The Morgan fingerprint density at radius 1 is 0.839 bits per heavy atom. The van der Waals surface area contributed by atoms with Gasteiger partial charge in [-0.25, -0.2) is 0 Å². The van der Waals surface area contributed by atoms with Crippen LogP contribution in [0.5, 0.6) is 17.2 Å². The number of nitrogens with zero attached hydrogens (tertiary/aromatic N) is 1. The zero-order chi connectivity index (χ0) is 22.6. The third kappa shape index (κ3) is 3.30. The number of fused-ring (bicyclic) bond motifs is 2. The second-order valence-electron chi connectivity index (χ2n) is 7.86. The summed E-state index contributed by atoms with van der Waals surface area (Å²) in [6.45, 7) is 1.70. The van der Waals surface area contributed by atoms with E-state index in [4.69, 9.17) is 0 Å². The van der Waals surface area contributed by atoms with Crippen molar-refractivity contribution < 1.29 is 24.9 Å². The summed E-state index contributed by atoms with van der Waals surface area (Å²) in [6, 6.07) is 10.9. The Morgan fingerprint density at radius 2 is 1.45 bits per heavy atom. The molecule has 0 heterocycles. The van der Waals surface area contributed by atoms with E-state index < -0.39 is 23.4 Å². The zero-order valence-corrected chi connectivity index (χ0v) is 18.7. The summed E-state index contributed by atoms with van der Waals surface area (Å²) < 4.78 is 0.871. The van der Waals surface area contributed by atoms with Crippen LogP contribution in [0.2, 0.25) is 0 Å². The van der Waals surface area contributed by atoms with Gasteiger partial charge in [-0.15, -0.1) is 0 Å². The predicted octanol–water partition coefficient (Wildman–Crippen LogP) is 4.30. The van der Waals surface area contributed by atoms with Crippen molar-refractivity contribution in [1.82, 2.24) is 4.90 Å². The molecule has 3 N–H and O–H groups in total. The predicted molar refractivity (Wildman–Crippen MR) is 119 cm³/mol. The van der Waals surface area contributed by atoms with Crippen molar-refractivity contribution >= 4 is 27.5 Å². The molecule has 0 fully saturated rings. The minimum atomic E-state index is -0.658. The second-order valence-corrected chi connectivity index (χ2v) is 8.78. The number of halogens is 1. The van der Waals surface area contributed by atoms with Crippen LogP contribution in [0.4, 0.5) is 0 Å². The fourth-order valence-corrected chi connectivity index (χ4v) is 4.44. The first-order chi connectivity index (χ1) is 14.6. The summed E-state index contributed by atoms with van der Waals surface area (Å²) in [6.07, 6.45) is 0. The number of phenols is 3. The van der Waals surface area contributed by atoms with Crippen molar-refractivity contribution in [3.05, 3.63) is 85.9 Å². The van der Waals surface area contributed by atoms with E-state index in [9.17, 15) is 24.9 Å². The minimum absolute atomic E-state index is 0.0543. The molecule has 4 rings (SSSR count). The van der Waals surface area contributed by atoms with Crippen molar-refractivity contribution in [2.24, 2.45) is 0 Å². The average molecular weight is 482 g/mol. The lowest BCUT2D eigenvalue weighted by atomic mass is 9.80. The molecular formula is C24H20BrNO5. The molecule has 0 aliphatic heterocycles. The lowest BCUT2D eigenvalue weighted by Crippen LogP contribution is -2.25. The van der Waals surface area contributed by atoms with Crippen molar-refractivity contribution in [2.75, 3.05) is 14.1 Å². The first-order valence-electron chi connectivity index (χ1n) is 9.55. The van der Waals surface area contributed by atoms with E-state index in [-0.39, 0.29) is 39.3 Å². The lowest BCUT2D eigenvalue weighted by Gasteiger charge is -2.29. The summed E-state index contributed by atoms with van der Waals surface area (Å²) in [5, 5.41) is 32.3. The van der Waals surface area contributed by atoms with Gasteiger partial charge in [0.1, 0.15) is 17.2 Å². The van der Waals surface area contributed by atoms with Crippen LogP contribution in [0.15, 0.2) is 46.9 Å². The van der Waals surface area contributed by atoms with Gasteiger partial charge in [-0.3, -0.25) is 14.5 Å². The van der Waals surface area contributed by atoms with Gasteiger partial charge in [0, 0.05) is 15.6 Å². The van der Waals surface area contributed by atoms with E-state index in [0.717, 1.165) is 10.0 Å². The Hall–Kier alpha value is -3.16. The molecule has 31 heavy (non-hydrogen) atoms. The molecule has 0 aromatic heterocycles. The average Bonchev–Trinajstić information content (AvgIpc) is 2.69. The Kier molecular flexibility index (Phi) is 5.11. The van der Waals surface area contributed by atoms with Gasteiger partial charge in [0.05, 0.1) is 22.7 Å². The highest BCUT2D eigenvalue weighted by Gasteiger charge is 2.38. The molecule has 1 atom stereocenters. The van der Waals surface area contributed by atoms with Crippen molar-refractivity contribution in [2.45, 2.75) is 13.0 Å². The van der Waals surface area contributed by atoms with Crippen LogP contribution in [0.25, 0.3) is 0 Å². The molecule has 1 aliphatic carbocycles. The van der Waals surface area contributed by atoms with Gasteiger partial charge < -0.3 is 15.3 Å². The molecule has 0 saturated heterocycles. The standard InChI is InChI=1S/C24H20BrNO5/c1-11-8-14-18(16(27)9-11)23(30)19-15(22(14)29)10-17(28)20(24(19)31)21(26(2)3)12-4-6-13(25)7-5-12/h4-10,21,27-28,31H,1-3H3. The zero-order valence-electron chi connectivity index (χ0n) is 17.1. The second kappa shape index (κ2) is 7.51. The first-order valence-corrected chi connectivity index (χ1v) is 10.3. The van der Waals surface area contributed by atoms with E-state index in [1.165, 1.54) is 18.2 Å². The smallest absolute Gasteiger partial charge is 0.201 e. The number of hydrogen-bond donors (Lipinski definition) is 3. The van der Waals surface area contributed by atoms with Crippen LogP contribution in [0, 0.1) is 6.92 Å². The third-order valence-corrected chi connectivity index (χ3v) is 6.03. The van der Waals surface area contributed by atoms with Gasteiger partial charge in [-0.1, -0.05) is 28.1 Å². The highest BCUT2D eigenvalue weighted by molar-refractivity contribution is 9.10. The molecule has 3 aromatic carbocycles. The van der Waals surface area contributed by atoms with Gasteiger partial charge in [0.15, 0.2) is 5.78 Å². The van der Waals surface area contributed by atoms with Gasteiger partial charge >= 0.3 is 0 Å². The number of carbonyl (C=O) groups excluding carboxylic acids is 2. The quantitative estimate of drug-likeness (QED) is 0.403. The topological polar surface area (TPSA) is 98.1 Å². The Labute approximate surface area is 187 Å². The number of aryl methyl sites for hydroxylation is 1. The van der Waals surface area contributed by atoms with Gasteiger partial charge in [-0.05, 0) is 62.5 Å². The molecule has 0 saturated carbocycles. The maximum Gasteiger partial charge on any atom is 0.201 e. The molecule has 3 aromatic rings. The number of carbonyl (C=O) groups is 2. The monoisotopic (exact) mass is 481 g/mol. The number of phenolic OH excluding ortho intramolecular Hbond substituents is 3. The van der Waals surface area contributed by atoms with Gasteiger partial charge in [-0.2, -0.15) is 0 Å². The molecule has 158 valence electrons. The molecular weight excluding hydrogens is 462 g/mol. The van der Waals surface area contributed by atoms with E-state index in [1.54, 1.807) is 25.9 Å². The maximum absolute atomic E-state index is 13.3. The van der Waals surface area contributed by atoms with E-state index in [2.05, 4.69) is 15.9 Å². The van der Waals surface area contributed by atoms with Gasteiger partial charge in [0.25, 0.3) is 0 Å². The largest absolute Gasteiger partial charge is 0.507 e. The Balaban J connectivity index is 1.98. The summed E-state index contributed by atoms with van der Waals surface area (Å²) in [7, 11) is 3.56. The lowest BCUT2D eigenvalue weighted by molar-refractivity contribution is 0.0973. The van der Waals surface area contributed by atoms with Crippen molar-refractivity contribution in [3.8, 4) is 17.2 Å². The Bertz CT molecular complexity index is 1250. The third-order valence-electron chi connectivity index (χ3n) is 5.50. The molecule has 0 spiro atoms. The molecule has 0 amide bonds. The van der Waals surface area contributed by atoms with Crippen LogP contribution in [-0.2, 0) is 0 Å². The van der Waals surface area contributed by atoms with Crippen LogP contribution < -0.4 is 0 Å². The summed E-state index contributed by atoms with van der Waals surface area (Å²) in [5.74, 6) is -2.27. The van der Waals surface area contributed by atoms with Crippen molar-refractivity contribution in [3.63, 3.8) is 0 Å². The summed E-state index contributed by atoms with van der Waals surface area (Å²) >= 11 is 3.39. The molecule has 6 nitrogen and oxygen atoms in total. The Morgan fingerprint density at radius 3 is 2.06 bits per heavy atom. The summed E-state index contributed by atoms with van der Waals surface area (Å²) in [5.41, 5.74) is 1.12. The fourth-order valence-electron chi connectivity index (χ4n) is 4.17. The van der Waals surface area contributed by atoms with E-state index in [0.29, 0.717) is 5.56 Å². The number of aromatic hydroxyl groups is 3. The highest BCUT2D eigenvalue weighted by atomic mass is 79.9. The summed E-state index contributed by atoms with van der Waals surface area (Å²) in [4.78, 5) is 28.1. The van der Waals surface area contributed by atoms with E-state index in [1.807, 2.05) is 24.3 Å². The van der Waals surface area contributed by atoms with Crippen molar-refractivity contribution in [1.29, 1.82) is 0 Å². The van der Waals surface area contributed by atoms with E-state index >= 15 is 0 Å². The molecule has 1 unspecified atom stereocenters. The minimum Gasteiger partial charge on any atom is -0.507 e.